The summed E-state index contributed by atoms with van der Waals surface area (Å²) < 4.78 is 24.4. The largest absolute Gasteiger partial charge is 0.447 e. The lowest BCUT2D eigenvalue weighted by Gasteiger charge is -2.25. The number of nitrogens with one attached hydrogen (secondary N) is 2. The Balaban J connectivity index is 1.89. The predicted molar refractivity (Wildman–Crippen MR) is 143 cm³/mol. The molecule has 10 nitrogen and oxygen atoms in total. The summed E-state index contributed by atoms with van der Waals surface area (Å²) in [5.74, 6) is -1.34. The minimum absolute atomic E-state index is 0.0125. The first-order chi connectivity index (χ1) is 18.2. The highest BCUT2D eigenvalue weighted by Crippen LogP contribution is 2.34. The number of likely N-dealkylation sites (N-methyl/N-ethyl adjacent to an activating group) is 1. The van der Waals surface area contributed by atoms with E-state index in [0.717, 1.165) is 18.0 Å². The summed E-state index contributed by atoms with van der Waals surface area (Å²) in [4.78, 5) is 45.6. The van der Waals surface area contributed by atoms with Crippen molar-refractivity contribution in [2.75, 3.05) is 57.9 Å². The second-order valence-electron chi connectivity index (χ2n) is 8.86. The van der Waals surface area contributed by atoms with Crippen molar-refractivity contribution in [3.05, 3.63) is 52.1 Å². The van der Waals surface area contributed by atoms with Gasteiger partial charge in [-0.2, -0.15) is 0 Å². The van der Waals surface area contributed by atoms with Gasteiger partial charge in [-0.3, -0.25) is 9.59 Å². The number of hydrogen-bond donors (Lipinski definition) is 3. The highest BCUT2D eigenvalue weighted by molar-refractivity contribution is 6.35. The molecule has 0 saturated heterocycles. The van der Waals surface area contributed by atoms with Crippen LogP contribution in [0.1, 0.15) is 46.7 Å². The molecule has 0 atom stereocenters. The fraction of sp³-hybridized carbons (Fsp3) is 0.444. The summed E-state index contributed by atoms with van der Waals surface area (Å²) in [6.45, 7) is 10.5. The molecule has 0 bridgehead atoms. The Morgan fingerprint density at radius 2 is 1.84 bits per heavy atom. The Bertz CT molecular complexity index is 1200. The second-order valence-corrected chi connectivity index (χ2v) is 8.86. The van der Waals surface area contributed by atoms with Crippen LogP contribution in [-0.4, -0.2) is 85.2 Å². The number of imide groups is 1. The SMILES string of the molecule is CCN(CC)CCN(C(=O)OCCOCCN)C(=O)c1c(C)[nH]c(/C=C2\C(=O)Nc3ccc(F)cc32)c1C. The van der Waals surface area contributed by atoms with Crippen LogP contribution < -0.4 is 11.1 Å². The number of aromatic nitrogens is 1. The zero-order chi connectivity index (χ0) is 27.8. The molecule has 0 radical (unpaired) electrons. The third-order valence-electron chi connectivity index (χ3n) is 6.46. The van der Waals surface area contributed by atoms with Crippen LogP contribution >= 0.6 is 0 Å². The number of nitrogens with two attached hydrogens (primary N) is 1. The number of carbonyl (C=O) groups is 3. The number of H-pyrrole nitrogens is 1. The third kappa shape index (κ3) is 6.66. The number of halogens is 1. The molecule has 1 aromatic heterocycles. The maximum absolute atomic E-state index is 13.9. The quantitative estimate of drug-likeness (QED) is 0.284. The molecule has 0 spiro atoms. The van der Waals surface area contributed by atoms with Crippen LogP contribution in [-0.2, 0) is 14.3 Å². The van der Waals surface area contributed by atoms with E-state index in [1.165, 1.54) is 18.2 Å². The highest BCUT2D eigenvalue weighted by atomic mass is 19.1. The Morgan fingerprint density at radius 3 is 2.53 bits per heavy atom. The van der Waals surface area contributed by atoms with Crippen molar-refractivity contribution in [1.82, 2.24) is 14.8 Å². The lowest BCUT2D eigenvalue weighted by Crippen LogP contribution is -2.43. The van der Waals surface area contributed by atoms with Crippen molar-refractivity contribution < 1.29 is 28.2 Å². The number of carbonyl (C=O) groups excluding carboxylic acids is 3. The molecular weight excluding hydrogens is 493 g/mol. The molecular formula is C27H36FN5O5. The summed E-state index contributed by atoms with van der Waals surface area (Å²) in [5, 5.41) is 2.72. The van der Waals surface area contributed by atoms with E-state index in [1.54, 1.807) is 19.9 Å². The van der Waals surface area contributed by atoms with Gasteiger partial charge in [-0.05, 0) is 56.8 Å². The standard InChI is InChI=1S/C27H36FN5O5/c1-5-32(6-2)10-11-33(27(36)38-14-13-37-12-9-29)26(35)24-17(3)23(30-18(24)4)16-21-20-15-19(28)7-8-22(20)31-25(21)34/h7-8,15-16,30H,5-6,9-14,29H2,1-4H3,(H,31,34)/b21-16-. The maximum Gasteiger partial charge on any atom is 0.416 e. The summed E-state index contributed by atoms with van der Waals surface area (Å²) in [5.41, 5.74) is 8.55. The number of rotatable bonds is 12. The van der Waals surface area contributed by atoms with Crippen LogP contribution in [0.5, 0.6) is 0 Å². The van der Waals surface area contributed by atoms with E-state index < -0.39 is 17.8 Å². The van der Waals surface area contributed by atoms with Crippen molar-refractivity contribution in [1.29, 1.82) is 0 Å². The van der Waals surface area contributed by atoms with Gasteiger partial charge >= 0.3 is 6.09 Å². The molecule has 2 aromatic rings. The molecule has 3 rings (SSSR count). The number of ether oxygens (including phenoxy) is 2. The molecule has 0 fully saturated rings. The van der Waals surface area contributed by atoms with E-state index in [0.29, 0.717) is 53.5 Å². The number of anilines is 1. The molecule has 1 aliphatic rings. The average molecular weight is 530 g/mol. The molecule has 38 heavy (non-hydrogen) atoms. The van der Waals surface area contributed by atoms with E-state index in [2.05, 4.69) is 15.2 Å². The first kappa shape index (κ1) is 29.0. The van der Waals surface area contributed by atoms with Crippen molar-refractivity contribution in [3.63, 3.8) is 0 Å². The van der Waals surface area contributed by atoms with Crippen molar-refractivity contribution in [3.8, 4) is 0 Å². The van der Waals surface area contributed by atoms with E-state index >= 15 is 0 Å². The van der Waals surface area contributed by atoms with Gasteiger partial charge in [-0.25, -0.2) is 14.1 Å². The monoisotopic (exact) mass is 529 g/mol. The lowest BCUT2D eigenvalue weighted by molar-refractivity contribution is -0.110. The second kappa shape index (κ2) is 13.3. The van der Waals surface area contributed by atoms with Crippen LogP contribution in [0.25, 0.3) is 11.6 Å². The van der Waals surface area contributed by atoms with E-state index in [-0.39, 0.29) is 31.2 Å². The number of benzene rings is 1. The van der Waals surface area contributed by atoms with Gasteiger partial charge in [0.2, 0.25) is 0 Å². The molecule has 11 heteroatoms. The Morgan fingerprint density at radius 1 is 1.11 bits per heavy atom. The molecule has 3 amide bonds. The molecule has 0 unspecified atom stereocenters. The van der Waals surface area contributed by atoms with Gasteiger partial charge in [0.1, 0.15) is 12.4 Å². The van der Waals surface area contributed by atoms with Crippen LogP contribution in [0.15, 0.2) is 18.2 Å². The maximum atomic E-state index is 13.9. The summed E-state index contributed by atoms with van der Waals surface area (Å²) in [7, 11) is 0. The number of fused-ring (bicyclic) bond motifs is 1. The van der Waals surface area contributed by atoms with Crippen LogP contribution in [0.3, 0.4) is 0 Å². The number of nitrogens with zero attached hydrogens (tertiary/aromatic N) is 2. The normalized spacial score (nSPS) is 13.7. The summed E-state index contributed by atoms with van der Waals surface area (Å²) in [6, 6.07) is 4.07. The van der Waals surface area contributed by atoms with Crippen molar-refractivity contribution in [2.45, 2.75) is 27.7 Å². The predicted octanol–water partition coefficient (Wildman–Crippen LogP) is 3.16. The fourth-order valence-electron chi connectivity index (χ4n) is 4.33. The third-order valence-corrected chi connectivity index (χ3v) is 6.46. The minimum atomic E-state index is -0.766. The summed E-state index contributed by atoms with van der Waals surface area (Å²) >= 11 is 0. The number of aryl methyl sites for hydroxylation is 1. The Hall–Kier alpha value is -3.54. The molecule has 1 aromatic carbocycles. The minimum Gasteiger partial charge on any atom is -0.447 e. The van der Waals surface area contributed by atoms with Gasteiger partial charge in [0.05, 0.1) is 24.4 Å². The zero-order valence-electron chi connectivity index (χ0n) is 22.4. The molecule has 0 saturated carbocycles. The average Bonchev–Trinajstić information content (AvgIpc) is 3.35. The van der Waals surface area contributed by atoms with E-state index in [1.807, 2.05) is 13.8 Å². The number of aromatic amines is 1. The van der Waals surface area contributed by atoms with E-state index in [9.17, 15) is 18.8 Å². The van der Waals surface area contributed by atoms with Crippen LogP contribution in [0, 0.1) is 19.7 Å². The van der Waals surface area contributed by atoms with Gasteiger partial charge in [0, 0.05) is 42.3 Å². The first-order valence-electron chi connectivity index (χ1n) is 12.7. The topological polar surface area (TPSA) is 130 Å². The molecule has 4 N–H and O–H groups in total. The lowest BCUT2D eigenvalue weighted by atomic mass is 10.0. The molecule has 206 valence electrons. The number of hydrogen-bond acceptors (Lipinski definition) is 7. The van der Waals surface area contributed by atoms with Crippen LogP contribution in [0.2, 0.25) is 0 Å². The van der Waals surface area contributed by atoms with Gasteiger partial charge < -0.3 is 30.4 Å². The Kier molecular flexibility index (Phi) is 10.2. The van der Waals surface area contributed by atoms with Crippen molar-refractivity contribution >= 4 is 35.2 Å². The summed E-state index contributed by atoms with van der Waals surface area (Å²) in [6.07, 6.45) is 0.825. The van der Waals surface area contributed by atoms with Gasteiger partial charge in [-0.1, -0.05) is 13.8 Å². The zero-order valence-corrected chi connectivity index (χ0v) is 22.4. The van der Waals surface area contributed by atoms with Crippen molar-refractivity contribution in [2.24, 2.45) is 5.73 Å². The molecule has 1 aliphatic heterocycles. The number of amides is 3. The van der Waals surface area contributed by atoms with Crippen LogP contribution in [0.4, 0.5) is 14.9 Å². The smallest absolute Gasteiger partial charge is 0.416 e. The van der Waals surface area contributed by atoms with Gasteiger partial charge in [0.25, 0.3) is 11.8 Å². The first-order valence-corrected chi connectivity index (χ1v) is 12.7. The molecule has 2 heterocycles. The van der Waals surface area contributed by atoms with Gasteiger partial charge in [-0.15, -0.1) is 0 Å². The molecule has 0 aliphatic carbocycles. The Labute approximate surface area is 221 Å². The van der Waals surface area contributed by atoms with Gasteiger partial charge in [0.15, 0.2) is 0 Å². The van der Waals surface area contributed by atoms with E-state index in [4.69, 9.17) is 15.2 Å². The fourth-order valence-corrected chi connectivity index (χ4v) is 4.33. The highest BCUT2D eigenvalue weighted by Gasteiger charge is 2.30.